The summed E-state index contributed by atoms with van der Waals surface area (Å²) < 4.78 is 50.5. The van der Waals surface area contributed by atoms with Crippen LogP contribution in [-0.2, 0) is 17.8 Å². The van der Waals surface area contributed by atoms with Gasteiger partial charge in [-0.25, -0.2) is 9.97 Å². The van der Waals surface area contributed by atoms with E-state index in [-0.39, 0.29) is 36.2 Å². The number of carbonyl (C=O) groups excluding carboxylic acids is 1. The molecule has 0 saturated carbocycles. The summed E-state index contributed by atoms with van der Waals surface area (Å²) in [5, 5.41) is 5.22. The van der Waals surface area contributed by atoms with Gasteiger partial charge in [-0.1, -0.05) is 6.08 Å². The van der Waals surface area contributed by atoms with E-state index in [4.69, 9.17) is 14.9 Å². The van der Waals surface area contributed by atoms with E-state index in [0.717, 1.165) is 11.1 Å². The van der Waals surface area contributed by atoms with Crippen LogP contribution in [-0.4, -0.2) is 40.9 Å². The van der Waals surface area contributed by atoms with Crippen LogP contribution in [0.3, 0.4) is 0 Å². The van der Waals surface area contributed by atoms with Crippen LogP contribution in [0.15, 0.2) is 51.0 Å². The third-order valence-electron chi connectivity index (χ3n) is 4.91. The molecule has 2 aliphatic rings. The Hall–Kier alpha value is -3.25. The number of hydrogen-bond donors (Lipinski definition) is 2. The van der Waals surface area contributed by atoms with Crippen LogP contribution in [0.5, 0.6) is 0 Å². The third kappa shape index (κ3) is 4.23. The molecule has 3 heterocycles. The first-order chi connectivity index (χ1) is 15.3. The van der Waals surface area contributed by atoms with Crippen LogP contribution in [0.4, 0.5) is 13.2 Å². The number of halogens is 3. The fraction of sp³-hybridized carbons (Fsp3) is 0.300. The van der Waals surface area contributed by atoms with Crippen molar-refractivity contribution in [1.29, 1.82) is 0 Å². The Morgan fingerprint density at radius 1 is 1.38 bits per heavy atom. The molecule has 2 aromatic heterocycles. The van der Waals surface area contributed by atoms with Gasteiger partial charge in [0.1, 0.15) is 22.5 Å². The monoisotopic (exact) mass is 465 g/mol. The quantitative estimate of drug-likeness (QED) is 0.678. The summed E-state index contributed by atoms with van der Waals surface area (Å²) in [4.78, 5) is 24.9. The minimum Gasteiger partial charge on any atom is -0.499 e. The SMILES string of the molecule is COC1=CC=C(c2nc(C(=O)NCc3nccs3)c(CN)o2)C2C=CC(C(F)(F)F)=NC12. The molecule has 2 aromatic rings. The molecule has 0 bridgehead atoms. The maximum Gasteiger partial charge on any atom is 0.432 e. The number of aromatic nitrogens is 2. The summed E-state index contributed by atoms with van der Waals surface area (Å²) in [6.07, 6.45) is 2.49. The normalized spacial score (nSPS) is 20.2. The van der Waals surface area contributed by atoms with Gasteiger partial charge >= 0.3 is 6.18 Å². The highest BCUT2D eigenvalue weighted by atomic mass is 32.1. The predicted molar refractivity (Wildman–Crippen MR) is 111 cm³/mol. The molecule has 1 amide bonds. The van der Waals surface area contributed by atoms with Crippen molar-refractivity contribution in [3.63, 3.8) is 0 Å². The molecule has 0 aromatic carbocycles. The topological polar surface area (TPSA) is 116 Å². The van der Waals surface area contributed by atoms with Crippen molar-refractivity contribution in [1.82, 2.24) is 15.3 Å². The zero-order valence-electron chi connectivity index (χ0n) is 16.7. The number of fused-ring (bicyclic) bond motifs is 1. The van der Waals surface area contributed by atoms with Gasteiger partial charge in [0, 0.05) is 23.1 Å². The van der Waals surface area contributed by atoms with E-state index in [1.165, 1.54) is 30.6 Å². The Balaban J connectivity index is 1.63. The highest BCUT2D eigenvalue weighted by molar-refractivity contribution is 7.09. The highest BCUT2D eigenvalue weighted by Crippen LogP contribution is 2.39. The molecular formula is C20H18F3N5O3S. The predicted octanol–water partition coefficient (Wildman–Crippen LogP) is 3.01. The summed E-state index contributed by atoms with van der Waals surface area (Å²) in [6, 6.07) is -0.933. The number of nitrogens with one attached hydrogen (secondary N) is 1. The number of allylic oxidation sites excluding steroid dienone is 3. The number of methoxy groups -OCH3 is 1. The largest absolute Gasteiger partial charge is 0.499 e. The number of nitrogens with two attached hydrogens (primary N) is 1. The van der Waals surface area contributed by atoms with Crippen LogP contribution in [0.25, 0.3) is 5.57 Å². The van der Waals surface area contributed by atoms with E-state index < -0.39 is 29.8 Å². The molecule has 12 heteroatoms. The number of oxazole rings is 1. The van der Waals surface area contributed by atoms with Crippen molar-refractivity contribution in [3.05, 3.63) is 64.0 Å². The van der Waals surface area contributed by atoms with Gasteiger partial charge in [0.15, 0.2) is 11.5 Å². The fourth-order valence-electron chi connectivity index (χ4n) is 3.41. The van der Waals surface area contributed by atoms with E-state index in [1.807, 2.05) is 0 Å². The number of amides is 1. The third-order valence-corrected chi connectivity index (χ3v) is 5.69. The first-order valence-corrected chi connectivity index (χ1v) is 10.4. The lowest BCUT2D eigenvalue weighted by atomic mass is 9.84. The Bertz CT molecular complexity index is 1130. The number of rotatable bonds is 6. The summed E-state index contributed by atoms with van der Waals surface area (Å²) in [5.74, 6) is -0.585. The van der Waals surface area contributed by atoms with Gasteiger partial charge in [-0.05, 0) is 18.2 Å². The van der Waals surface area contributed by atoms with Gasteiger partial charge in [0.25, 0.3) is 5.91 Å². The lowest BCUT2D eigenvalue weighted by Gasteiger charge is -2.30. The molecule has 2 atom stereocenters. The van der Waals surface area contributed by atoms with Crippen molar-refractivity contribution in [3.8, 4) is 0 Å². The maximum absolute atomic E-state index is 13.2. The fourth-order valence-corrected chi connectivity index (χ4v) is 3.97. The Morgan fingerprint density at radius 2 is 2.19 bits per heavy atom. The van der Waals surface area contributed by atoms with Gasteiger partial charge < -0.3 is 20.2 Å². The van der Waals surface area contributed by atoms with Crippen molar-refractivity contribution >= 4 is 28.5 Å². The van der Waals surface area contributed by atoms with Crippen LogP contribution < -0.4 is 11.1 Å². The molecule has 0 spiro atoms. The van der Waals surface area contributed by atoms with E-state index >= 15 is 0 Å². The van der Waals surface area contributed by atoms with E-state index in [2.05, 4.69) is 20.3 Å². The minimum atomic E-state index is -4.58. The molecule has 2 unspecified atom stereocenters. The van der Waals surface area contributed by atoms with E-state index in [9.17, 15) is 18.0 Å². The van der Waals surface area contributed by atoms with Crippen LogP contribution >= 0.6 is 11.3 Å². The lowest BCUT2D eigenvalue weighted by molar-refractivity contribution is -0.0583. The minimum absolute atomic E-state index is 0.0114. The van der Waals surface area contributed by atoms with Gasteiger partial charge in [0.05, 0.1) is 20.2 Å². The molecule has 0 fully saturated rings. The Morgan fingerprint density at radius 3 is 2.84 bits per heavy atom. The molecule has 168 valence electrons. The van der Waals surface area contributed by atoms with Crippen molar-refractivity contribution in [2.75, 3.05) is 7.11 Å². The van der Waals surface area contributed by atoms with E-state index in [1.54, 1.807) is 17.7 Å². The molecular weight excluding hydrogens is 447 g/mol. The molecule has 8 nitrogen and oxygen atoms in total. The number of aliphatic imine (C=N–C) groups is 1. The number of ether oxygens (including phenoxy) is 1. The second kappa shape index (κ2) is 8.71. The van der Waals surface area contributed by atoms with Gasteiger partial charge in [-0.3, -0.25) is 9.79 Å². The van der Waals surface area contributed by atoms with Crippen molar-refractivity contribution in [2.24, 2.45) is 16.6 Å². The van der Waals surface area contributed by atoms with Crippen LogP contribution in [0.2, 0.25) is 0 Å². The maximum atomic E-state index is 13.2. The number of alkyl halides is 3. The van der Waals surface area contributed by atoms with Gasteiger partial charge in [0.2, 0.25) is 5.89 Å². The average Bonchev–Trinajstić information content (AvgIpc) is 3.45. The van der Waals surface area contributed by atoms with Crippen LogP contribution in [0.1, 0.15) is 27.1 Å². The number of carbonyl (C=O) groups is 1. The number of dihydropyridines is 1. The molecule has 4 rings (SSSR count). The number of hydrogen-bond acceptors (Lipinski definition) is 8. The lowest BCUT2D eigenvalue weighted by Crippen LogP contribution is -2.33. The first-order valence-electron chi connectivity index (χ1n) is 9.47. The smallest absolute Gasteiger partial charge is 0.432 e. The second-order valence-electron chi connectivity index (χ2n) is 6.84. The van der Waals surface area contributed by atoms with Gasteiger partial charge in [-0.2, -0.15) is 13.2 Å². The zero-order chi connectivity index (χ0) is 22.9. The summed E-state index contributed by atoms with van der Waals surface area (Å²) in [5.41, 5.74) is 5.20. The Kier molecular flexibility index (Phi) is 5.98. The van der Waals surface area contributed by atoms with Crippen molar-refractivity contribution in [2.45, 2.75) is 25.3 Å². The molecule has 0 radical (unpaired) electrons. The van der Waals surface area contributed by atoms with Gasteiger partial charge in [-0.15, -0.1) is 11.3 Å². The molecule has 3 N–H and O–H groups in total. The average molecular weight is 465 g/mol. The summed E-state index contributed by atoms with van der Waals surface area (Å²) in [7, 11) is 1.37. The second-order valence-corrected chi connectivity index (χ2v) is 7.82. The Labute approximate surface area is 184 Å². The summed E-state index contributed by atoms with van der Waals surface area (Å²) in [6.45, 7) is 0.132. The molecule has 32 heavy (non-hydrogen) atoms. The zero-order valence-corrected chi connectivity index (χ0v) is 17.5. The standard InChI is InChI=1S/C20H18F3N5O3S/c1-30-12-4-2-11(10-3-5-14(20(21,22)23)27-16(10)12)19-28-17(13(8-24)31-19)18(29)26-9-15-25-6-7-32-15/h2-7,10,16H,8-9,24H2,1H3,(H,26,29). The number of nitrogens with zero attached hydrogens (tertiary/aromatic N) is 3. The van der Waals surface area contributed by atoms with E-state index in [0.29, 0.717) is 5.57 Å². The molecule has 1 aliphatic carbocycles. The van der Waals surface area contributed by atoms with Crippen LogP contribution in [0, 0.1) is 5.92 Å². The molecule has 1 aliphatic heterocycles. The molecule has 0 saturated heterocycles. The summed E-state index contributed by atoms with van der Waals surface area (Å²) >= 11 is 1.39. The number of thiazole rings is 1. The first kappa shape index (κ1) is 22.0. The van der Waals surface area contributed by atoms with Crippen molar-refractivity contribution < 1.29 is 27.1 Å². The highest BCUT2D eigenvalue weighted by Gasteiger charge is 2.41.